The Morgan fingerprint density at radius 2 is 1.94 bits per heavy atom. The summed E-state index contributed by atoms with van der Waals surface area (Å²) in [5.41, 5.74) is 6.13. The van der Waals surface area contributed by atoms with Crippen LogP contribution in [0.25, 0.3) is 0 Å². The van der Waals surface area contributed by atoms with Gasteiger partial charge < -0.3 is 15.2 Å². The topological polar surface area (TPSA) is 70.3 Å². The van der Waals surface area contributed by atoms with Crippen LogP contribution in [-0.4, -0.2) is 17.1 Å². The molecular weight excluding hydrogens is 225 g/mol. The molecule has 17 heavy (non-hydrogen) atoms. The number of nitrogens with zero attached hydrogens (tertiary/aromatic N) is 2. The maximum Gasteiger partial charge on any atom is 0.322 e. The van der Waals surface area contributed by atoms with E-state index in [-0.39, 0.29) is 6.01 Å². The highest BCUT2D eigenvalue weighted by atomic mass is 19.1. The van der Waals surface area contributed by atoms with Gasteiger partial charge in [-0.3, -0.25) is 0 Å². The largest absolute Gasteiger partial charge is 0.497 e. The predicted molar refractivity (Wildman–Crippen MR) is 59.5 cm³/mol. The van der Waals surface area contributed by atoms with Crippen molar-refractivity contribution in [1.29, 1.82) is 0 Å². The summed E-state index contributed by atoms with van der Waals surface area (Å²) in [6.45, 7) is 0. The molecule has 0 aliphatic carbocycles. The lowest BCUT2D eigenvalue weighted by Crippen LogP contribution is -1.96. The summed E-state index contributed by atoms with van der Waals surface area (Å²) >= 11 is 0. The predicted octanol–water partition coefficient (Wildman–Crippen LogP) is 2.00. The molecule has 0 saturated carbocycles. The first-order chi connectivity index (χ1) is 8.19. The molecule has 0 aliphatic rings. The highest BCUT2D eigenvalue weighted by molar-refractivity contribution is 5.56. The maximum atomic E-state index is 12.6. The van der Waals surface area contributed by atoms with Gasteiger partial charge in [0.15, 0.2) is 11.6 Å². The van der Waals surface area contributed by atoms with Crippen molar-refractivity contribution in [3.8, 4) is 17.5 Å². The van der Waals surface area contributed by atoms with Gasteiger partial charge >= 0.3 is 6.01 Å². The van der Waals surface area contributed by atoms with Crippen molar-refractivity contribution in [2.45, 2.75) is 0 Å². The van der Waals surface area contributed by atoms with Crippen molar-refractivity contribution in [3.05, 3.63) is 36.4 Å². The fraction of sp³-hybridized carbons (Fsp3) is 0.0909. The van der Waals surface area contributed by atoms with E-state index in [2.05, 4.69) is 9.97 Å². The highest BCUT2D eigenvalue weighted by Crippen LogP contribution is 2.29. The molecule has 0 saturated heterocycles. The Kier molecular flexibility index (Phi) is 3.04. The van der Waals surface area contributed by atoms with E-state index in [9.17, 15) is 4.39 Å². The average molecular weight is 235 g/mol. The van der Waals surface area contributed by atoms with Gasteiger partial charge in [-0.05, 0) is 12.1 Å². The maximum absolute atomic E-state index is 12.6. The van der Waals surface area contributed by atoms with Crippen LogP contribution < -0.4 is 15.2 Å². The number of nitrogens with two attached hydrogens (primary N) is 1. The molecule has 6 heteroatoms. The first kappa shape index (κ1) is 11.1. The van der Waals surface area contributed by atoms with Crippen molar-refractivity contribution >= 4 is 5.69 Å². The van der Waals surface area contributed by atoms with Gasteiger partial charge in [0.05, 0.1) is 25.2 Å². The Balaban J connectivity index is 2.25. The number of ether oxygens (including phenoxy) is 2. The molecule has 5 nitrogen and oxygen atoms in total. The van der Waals surface area contributed by atoms with Gasteiger partial charge in [0.25, 0.3) is 0 Å². The number of aromatic nitrogens is 2. The first-order valence-electron chi connectivity index (χ1n) is 4.78. The number of rotatable bonds is 3. The van der Waals surface area contributed by atoms with Crippen molar-refractivity contribution in [2.75, 3.05) is 12.8 Å². The zero-order chi connectivity index (χ0) is 12.3. The SMILES string of the molecule is COc1ccc(N)c(Oc2ncc(F)cn2)c1. The number of nitrogen functional groups attached to an aromatic ring is 1. The molecule has 1 aromatic heterocycles. The van der Waals surface area contributed by atoms with E-state index in [4.69, 9.17) is 15.2 Å². The number of anilines is 1. The summed E-state index contributed by atoms with van der Waals surface area (Å²) in [4.78, 5) is 7.33. The fourth-order valence-electron chi connectivity index (χ4n) is 1.18. The van der Waals surface area contributed by atoms with Gasteiger partial charge in [-0.25, -0.2) is 14.4 Å². The van der Waals surface area contributed by atoms with Crippen molar-refractivity contribution in [1.82, 2.24) is 9.97 Å². The number of hydrogen-bond donors (Lipinski definition) is 1. The van der Waals surface area contributed by atoms with Crippen LogP contribution in [0.3, 0.4) is 0 Å². The number of halogens is 1. The Morgan fingerprint density at radius 3 is 2.59 bits per heavy atom. The normalized spacial score (nSPS) is 10.0. The molecule has 0 unspecified atom stereocenters. The second-order valence-corrected chi connectivity index (χ2v) is 3.19. The monoisotopic (exact) mass is 235 g/mol. The van der Waals surface area contributed by atoms with E-state index >= 15 is 0 Å². The molecule has 0 fully saturated rings. The molecule has 0 amide bonds. The number of hydrogen-bond acceptors (Lipinski definition) is 5. The molecule has 2 N–H and O–H groups in total. The van der Waals surface area contributed by atoms with E-state index in [1.807, 2.05) is 0 Å². The molecule has 88 valence electrons. The third kappa shape index (κ3) is 2.60. The average Bonchev–Trinajstić information content (AvgIpc) is 2.35. The highest BCUT2D eigenvalue weighted by Gasteiger charge is 2.06. The van der Waals surface area contributed by atoms with Gasteiger partial charge in [-0.15, -0.1) is 0 Å². The molecule has 1 aromatic carbocycles. The second kappa shape index (κ2) is 4.65. The summed E-state index contributed by atoms with van der Waals surface area (Å²) in [6.07, 6.45) is 2.03. The van der Waals surface area contributed by atoms with Crippen LogP contribution in [-0.2, 0) is 0 Å². The molecule has 1 heterocycles. The molecule has 0 spiro atoms. The van der Waals surface area contributed by atoms with Crippen molar-refractivity contribution < 1.29 is 13.9 Å². The van der Waals surface area contributed by atoms with E-state index < -0.39 is 5.82 Å². The lowest BCUT2D eigenvalue weighted by atomic mass is 10.3. The minimum Gasteiger partial charge on any atom is -0.497 e. The van der Waals surface area contributed by atoms with Crippen LogP contribution in [0.5, 0.6) is 17.5 Å². The molecule has 2 rings (SSSR count). The fourth-order valence-corrected chi connectivity index (χ4v) is 1.18. The van der Waals surface area contributed by atoms with Crippen LogP contribution >= 0.6 is 0 Å². The summed E-state index contributed by atoms with van der Waals surface area (Å²) in [7, 11) is 1.53. The van der Waals surface area contributed by atoms with Gasteiger partial charge in [-0.1, -0.05) is 0 Å². The molecular formula is C11H10FN3O2. The smallest absolute Gasteiger partial charge is 0.322 e. The van der Waals surface area contributed by atoms with Crippen LogP contribution in [0.1, 0.15) is 0 Å². The summed E-state index contributed by atoms with van der Waals surface area (Å²) in [6, 6.07) is 4.96. The molecule has 0 aliphatic heterocycles. The zero-order valence-electron chi connectivity index (χ0n) is 9.05. The van der Waals surface area contributed by atoms with Crippen molar-refractivity contribution in [2.24, 2.45) is 0 Å². The van der Waals surface area contributed by atoms with Crippen LogP contribution in [0.15, 0.2) is 30.6 Å². The van der Waals surface area contributed by atoms with Gasteiger partial charge in [0.1, 0.15) is 5.75 Å². The first-order valence-corrected chi connectivity index (χ1v) is 4.78. The standard InChI is InChI=1S/C11H10FN3O2/c1-16-8-2-3-9(13)10(4-8)17-11-14-5-7(12)6-15-11/h2-6H,13H2,1H3. The lowest BCUT2D eigenvalue weighted by Gasteiger charge is -2.08. The van der Waals surface area contributed by atoms with E-state index in [0.29, 0.717) is 17.2 Å². The number of methoxy groups -OCH3 is 1. The Hall–Kier alpha value is -2.37. The molecule has 0 bridgehead atoms. The van der Waals surface area contributed by atoms with Crippen LogP contribution in [0.4, 0.5) is 10.1 Å². The molecule has 0 atom stereocenters. The van der Waals surface area contributed by atoms with E-state index in [1.54, 1.807) is 18.2 Å². The quantitative estimate of drug-likeness (QED) is 0.824. The molecule has 0 radical (unpaired) electrons. The van der Waals surface area contributed by atoms with E-state index in [0.717, 1.165) is 12.4 Å². The lowest BCUT2D eigenvalue weighted by molar-refractivity contribution is 0.404. The van der Waals surface area contributed by atoms with E-state index in [1.165, 1.54) is 7.11 Å². The minimum absolute atomic E-state index is 0.0198. The Labute approximate surface area is 97.0 Å². The summed E-state index contributed by atoms with van der Waals surface area (Å²) in [5, 5.41) is 0. The third-order valence-corrected chi connectivity index (χ3v) is 2.02. The molecule has 2 aromatic rings. The summed E-state index contributed by atoms with van der Waals surface area (Å²) in [5.74, 6) is 0.420. The van der Waals surface area contributed by atoms with Crippen molar-refractivity contribution in [3.63, 3.8) is 0 Å². The number of benzene rings is 1. The van der Waals surface area contributed by atoms with Gasteiger partial charge in [-0.2, -0.15) is 0 Å². The minimum atomic E-state index is -0.532. The van der Waals surface area contributed by atoms with Gasteiger partial charge in [0.2, 0.25) is 0 Å². The summed E-state index contributed by atoms with van der Waals surface area (Å²) < 4.78 is 22.9. The second-order valence-electron chi connectivity index (χ2n) is 3.19. The van der Waals surface area contributed by atoms with Gasteiger partial charge in [0, 0.05) is 6.07 Å². The van der Waals surface area contributed by atoms with Crippen LogP contribution in [0.2, 0.25) is 0 Å². The zero-order valence-corrected chi connectivity index (χ0v) is 9.05. The Bertz CT molecular complexity index is 517. The Morgan fingerprint density at radius 1 is 1.24 bits per heavy atom. The third-order valence-electron chi connectivity index (χ3n) is 2.02. The van der Waals surface area contributed by atoms with Crippen LogP contribution in [0, 0.1) is 5.82 Å².